The maximum atomic E-state index is 13.0. The van der Waals surface area contributed by atoms with Gasteiger partial charge in [-0.25, -0.2) is 13.2 Å². The van der Waals surface area contributed by atoms with Crippen LogP contribution in [0.15, 0.2) is 55.8 Å². The van der Waals surface area contributed by atoms with E-state index in [1.54, 1.807) is 19.1 Å². The van der Waals surface area contributed by atoms with E-state index in [1.807, 2.05) is 0 Å². The number of nitrogens with zero attached hydrogens (tertiary/aromatic N) is 1. The zero-order valence-electron chi connectivity index (χ0n) is 13.4. The molecule has 0 amide bonds. The molecule has 0 fully saturated rings. The largest absolute Gasteiger partial charge is 0.421 e. The van der Waals surface area contributed by atoms with Gasteiger partial charge in [-0.2, -0.15) is 0 Å². The molecule has 3 aromatic rings. The normalized spacial score (nSPS) is 11.6. The molecule has 0 spiro atoms. The second kappa shape index (κ2) is 5.78. The highest BCUT2D eigenvalue weighted by Gasteiger charge is 2.24. The Balaban J connectivity index is 2.46. The summed E-state index contributed by atoms with van der Waals surface area (Å²) in [4.78, 5) is 26.1. The van der Waals surface area contributed by atoms with Gasteiger partial charge in [-0.3, -0.25) is 4.79 Å². The van der Waals surface area contributed by atoms with Crippen molar-refractivity contribution in [2.75, 3.05) is 12.4 Å². The van der Waals surface area contributed by atoms with E-state index in [2.05, 4.69) is 10.3 Å². The summed E-state index contributed by atoms with van der Waals surface area (Å²) in [7, 11) is -2.45. The van der Waals surface area contributed by atoms with Crippen molar-refractivity contribution in [3.63, 3.8) is 0 Å². The maximum absolute atomic E-state index is 13.0. The first-order valence-electron chi connectivity index (χ1n) is 7.28. The Kier molecular flexibility index (Phi) is 3.88. The van der Waals surface area contributed by atoms with Crippen LogP contribution in [0.25, 0.3) is 10.9 Å². The number of aromatic amines is 1. The van der Waals surface area contributed by atoms with Crippen LogP contribution in [0.5, 0.6) is 0 Å². The van der Waals surface area contributed by atoms with Crippen LogP contribution in [-0.4, -0.2) is 30.4 Å². The van der Waals surface area contributed by atoms with Crippen LogP contribution in [0.4, 0.5) is 5.69 Å². The van der Waals surface area contributed by atoms with Crippen molar-refractivity contribution in [2.24, 2.45) is 0 Å². The molecule has 2 aromatic carbocycles. The van der Waals surface area contributed by atoms with Gasteiger partial charge in [-0.15, -0.1) is 0 Å². The molecule has 9 heteroatoms. The van der Waals surface area contributed by atoms with Crippen molar-refractivity contribution in [2.45, 2.75) is 16.7 Å². The quantitative estimate of drug-likeness (QED) is 0.601. The van der Waals surface area contributed by atoms with Gasteiger partial charge in [0.25, 0.3) is 5.56 Å². The van der Waals surface area contributed by atoms with Crippen LogP contribution in [0, 0.1) is 6.92 Å². The predicted molar refractivity (Wildman–Crippen MR) is 92.2 cm³/mol. The first kappa shape index (κ1) is 16.8. The van der Waals surface area contributed by atoms with Crippen molar-refractivity contribution in [3.8, 4) is 0 Å². The highest BCUT2D eigenvalue weighted by molar-refractivity contribution is 7.91. The Bertz CT molecular complexity index is 1210. The minimum Gasteiger partial charge on any atom is -0.421 e. The fourth-order valence-electron chi connectivity index (χ4n) is 2.63. The smallest absolute Gasteiger partial charge is 0.362 e. The number of hydrogen-bond acceptors (Lipinski definition) is 6. The molecule has 8 nitrogen and oxygen atoms in total. The summed E-state index contributed by atoms with van der Waals surface area (Å²) in [6.07, 6.45) is 0. The van der Waals surface area contributed by atoms with E-state index in [0.717, 1.165) is 5.56 Å². The fraction of sp³-hybridized carbons (Fsp3) is 0.125. The Morgan fingerprint density at radius 1 is 1.16 bits per heavy atom. The fourth-order valence-corrected chi connectivity index (χ4v) is 4.15. The van der Waals surface area contributed by atoms with Crippen molar-refractivity contribution >= 4 is 26.4 Å². The van der Waals surface area contributed by atoms with Gasteiger partial charge in [-0.05, 0) is 36.8 Å². The molecule has 0 aliphatic carbocycles. The lowest BCUT2D eigenvalue weighted by molar-refractivity contribution is 0.162. The number of anilines is 1. The second-order valence-corrected chi connectivity index (χ2v) is 7.40. The van der Waals surface area contributed by atoms with Crippen LogP contribution < -0.4 is 16.6 Å². The summed E-state index contributed by atoms with van der Waals surface area (Å²) < 4.78 is 25.9. The van der Waals surface area contributed by atoms with Crippen LogP contribution in [0.1, 0.15) is 5.56 Å². The molecule has 0 saturated carbocycles. The van der Waals surface area contributed by atoms with Gasteiger partial charge in [0.1, 0.15) is 0 Å². The zero-order valence-corrected chi connectivity index (χ0v) is 14.2. The zero-order chi connectivity index (χ0) is 18.4. The molecule has 3 N–H and O–H groups in total. The van der Waals surface area contributed by atoms with E-state index in [0.29, 0.717) is 0 Å². The lowest BCUT2D eigenvalue weighted by Crippen LogP contribution is -2.34. The van der Waals surface area contributed by atoms with Gasteiger partial charge in [0.2, 0.25) is 9.84 Å². The number of sulfone groups is 1. The average Bonchev–Trinajstić information content (AvgIpc) is 2.58. The van der Waals surface area contributed by atoms with Crippen LogP contribution in [-0.2, 0) is 9.84 Å². The Labute approximate surface area is 142 Å². The molecule has 0 saturated heterocycles. The SMILES string of the molecule is CNc1ccc(S(=O)(=O)c2cccc(C)c2)c2[nH]c(=O)n(O)c(=O)c12. The summed E-state index contributed by atoms with van der Waals surface area (Å²) >= 11 is 0. The number of hydrogen-bond donors (Lipinski definition) is 3. The third-order valence-electron chi connectivity index (χ3n) is 3.86. The molecule has 25 heavy (non-hydrogen) atoms. The molecule has 0 radical (unpaired) electrons. The van der Waals surface area contributed by atoms with E-state index >= 15 is 0 Å². The lowest BCUT2D eigenvalue weighted by Gasteiger charge is -2.12. The molecule has 0 atom stereocenters. The summed E-state index contributed by atoms with van der Waals surface area (Å²) in [6.45, 7) is 1.76. The maximum Gasteiger partial charge on any atom is 0.362 e. The van der Waals surface area contributed by atoms with Gasteiger partial charge in [0, 0.05) is 12.7 Å². The average molecular weight is 361 g/mol. The number of fused-ring (bicyclic) bond motifs is 1. The molecular weight excluding hydrogens is 346 g/mol. The summed E-state index contributed by atoms with van der Waals surface area (Å²) in [5.41, 5.74) is -1.25. The third-order valence-corrected chi connectivity index (χ3v) is 5.65. The van der Waals surface area contributed by atoms with Gasteiger partial charge in [0.05, 0.1) is 20.7 Å². The minimum atomic E-state index is -3.99. The molecule has 130 valence electrons. The topological polar surface area (TPSA) is 121 Å². The van der Waals surface area contributed by atoms with Crippen molar-refractivity contribution in [1.29, 1.82) is 0 Å². The number of benzene rings is 2. The first-order valence-corrected chi connectivity index (χ1v) is 8.76. The number of aromatic nitrogens is 2. The van der Waals surface area contributed by atoms with Crippen LogP contribution in [0.2, 0.25) is 0 Å². The van der Waals surface area contributed by atoms with Crippen molar-refractivity contribution < 1.29 is 13.6 Å². The lowest BCUT2D eigenvalue weighted by atomic mass is 10.2. The molecule has 0 aliphatic rings. The van der Waals surface area contributed by atoms with E-state index in [4.69, 9.17) is 0 Å². The third kappa shape index (κ3) is 2.58. The molecule has 3 rings (SSSR count). The number of rotatable bonds is 3. The molecule has 1 heterocycles. The Morgan fingerprint density at radius 2 is 1.88 bits per heavy atom. The standard InChI is InChI=1S/C16H15N3O5S/c1-9-4-3-5-10(8-9)25(23,24)12-7-6-11(17-2)13-14(12)18-16(21)19(22)15(13)20/h3-8,17,22H,1-2H3,(H,18,21). The summed E-state index contributed by atoms with van der Waals surface area (Å²) in [5.74, 6) is 0. The highest BCUT2D eigenvalue weighted by atomic mass is 32.2. The van der Waals surface area contributed by atoms with Crippen LogP contribution >= 0.6 is 0 Å². The number of H-pyrrole nitrogens is 1. The van der Waals surface area contributed by atoms with Gasteiger partial charge < -0.3 is 15.5 Å². The van der Waals surface area contributed by atoms with Gasteiger partial charge >= 0.3 is 5.69 Å². The van der Waals surface area contributed by atoms with E-state index in [9.17, 15) is 23.2 Å². The van der Waals surface area contributed by atoms with Gasteiger partial charge in [0.15, 0.2) is 0 Å². The Morgan fingerprint density at radius 3 is 2.52 bits per heavy atom. The monoisotopic (exact) mass is 361 g/mol. The summed E-state index contributed by atoms with van der Waals surface area (Å²) in [5, 5.41) is 12.2. The minimum absolute atomic E-state index is 0.0417. The van der Waals surface area contributed by atoms with E-state index in [-0.39, 0.29) is 31.1 Å². The van der Waals surface area contributed by atoms with Crippen molar-refractivity contribution in [3.05, 3.63) is 62.8 Å². The molecule has 0 unspecified atom stereocenters. The number of aryl methyl sites for hydroxylation is 1. The highest BCUT2D eigenvalue weighted by Crippen LogP contribution is 2.29. The van der Waals surface area contributed by atoms with E-state index < -0.39 is 21.1 Å². The van der Waals surface area contributed by atoms with Crippen molar-refractivity contribution in [1.82, 2.24) is 9.71 Å². The molecule has 1 aromatic heterocycles. The molecule has 0 aliphatic heterocycles. The molecule has 0 bridgehead atoms. The molecular formula is C16H15N3O5S. The van der Waals surface area contributed by atoms with Gasteiger partial charge in [-0.1, -0.05) is 16.9 Å². The van der Waals surface area contributed by atoms with Crippen LogP contribution in [0.3, 0.4) is 0 Å². The van der Waals surface area contributed by atoms with E-state index in [1.165, 1.54) is 31.3 Å². The number of nitrogens with one attached hydrogen (secondary N) is 2. The Hall–Kier alpha value is -3.07. The first-order chi connectivity index (χ1) is 11.8. The summed E-state index contributed by atoms with van der Waals surface area (Å²) in [6, 6.07) is 9.01. The predicted octanol–water partition coefficient (Wildman–Crippen LogP) is 1.11. The second-order valence-electron chi connectivity index (χ2n) is 5.48.